The van der Waals surface area contributed by atoms with E-state index in [1.807, 2.05) is 35.6 Å². The Kier molecular flexibility index (Phi) is 21.5. The summed E-state index contributed by atoms with van der Waals surface area (Å²) < 4.78 is 16.7. The number of nitrogens with one attached hydrogen (secondary N) is 5. The summed E-state index contributed by atoms with van der Waals surface area (Å²) in [7, 11) is 0. The minimum Gasteiger partial charge on any atom is -0.478 e. The molecular weight excluding hydrogens is 650 g/mol. The van der Waals surface area contributed by atoms with Crippen LogP contribution in [0.4, 0.5) is 4.79 Å². The average Bonchev–Trinajstić information content (AvgIpc) is 3.11. The predicted octanol–water partition coefficient (Wildman–Crippen LogP) is 2.21. The monoisotopic (exact) mass is 699 g/mol. The second-order valence-electron chi connectivity index (χ2n) is 11.1. The van der Waals surface area contributed by atoms with Crippen molar-refractivity contribution in [2.45, 2.75) is 57.5 Å². The van der Waals surface area contributed by atoms with Crippen LogP contribution in [0, 0.1) is 0 Å². The van der Waals surface area contributed by atoms with E-state index in [0.29, 0.717) is 78.2 Å². The van der Waals surface area contributed by atoms with Gasteiger partial charge in [-0.25, -0.2) is 9.59 Å². The molecule has 2 rings (SSSR count). The van der Waals surface area contributed by atoms with Gasteiger partial charge in [-0.05, 0) is 55.4 Å². The minimum absolute atomic E-state index is 0.0600. The molecule has 0 aliphatic rings. The summed E-state index contributed by atoms with van der Waals surface area (Å²) in [6.07, 6.45) is 3.91. The van der Waals surface area contributed by atoms with Crippen LogP contribution in [0.15, 0.2) is 54.6 Å². The van der Waals surface area contributed by atoms with E-state index in [9.17, 15) is 28.8 Å². The SMILES string of the molecule is O=CNC(=O)NCOC(CCCCNC(=O)CCCC(=O)NCCOCCOCCNC(=O)CCc1ccc(C(=O)O)cc1)c1ccccc1. The Hall–Kier alpha value is -4.86. The molecule has 1 unspecified atom stereocenters. The number of hydrogen-bond acceptors (Lipinski definition) is 9. The Morgan fingerprint density at radius 3 is 1.88 bits per heavy atom. The number of aromatic carboxylic acids is 1. The van der Waals surface area contributed by atoms with E-state index in [0.717, 1.165) is 24.0 Å². The van der Waals surface area contributed by atoms with Gasteiger partial charge in [0.2, 0.25) is 24.1 Å². The molecule has 0 fully saturated rings. The molecule has 2 aromatic rings. The molecule has 0 radical (unpaired) electrons. The van der Waals surface area contributed by atoms with Crippen molar-refractivity contribution in [1.29, 1.82) is 0 Å². The first-order valence-corrected chi connectivity index (χ1v) is 16.7. The highest BCUT2D eigenvalue weighted by Crippen LogP contribution is 2.23. The number of benzene rings is 2. The molecular formula is C35H49N5O10. The van der Waals surface area contributed by atoms with E-state index in [-0.39, 0.29) is 49.0 Å². The van der Waals surface area contributed by atoms with E-state index in [4.69, 9.17) is 19.3 Å². The number of rotatable bonds is 27. The number of aryl methyl sites for hydroxylation is 1. The number of hydrogen-bond donors (Lipinski definition) is 6. The summed E-state index contributed by atoms with van der Waals surface area (Å²) in [5.74, 6) is -1.38. The molecule has 0 saturated carbocycles. The van der Waals surface area contributed by atoms with Crippen molar-refractivity contribution in [1.82, 2.24) is 26.6 Å². The highest BCUT2D eigenvalue weighted by Gasteiger charge is 2.13. The van der Waals surface area contributed by atoms with Gasteiger partial charge < -0.3 is 40.6 Å². The number of urea groups is 1. The lowest BCUT2D eigenvalue weighted by Gasteiger charge is -2.18. The molecule has 0 aliphatic heterocycles. The number of amides is 6. The maximum Gasteiger partial charge on any atom is 0.335 e. The van der Waals surface area contributed by atoms with Gasteiger partial charge in [0.15, 0.2) is 0 Å². The number of carbonyl (C=O) groups excluding carboxylic acids is 5. The summed E-state index contributed by atoms with van der Waals surface area (Å²) in [6.45, 7) is 2.49. The molecule has 0 spiro atoms. The van der Waals surface area contributed by atoms with Crippen molar-refractivity contribution in [3.8, 4) is 0 Å². The Morgan fingerprint density at radius 2 is 1.28 bits per heavy atom. The zero-order valence-electron chi connectivity index (χ0n) is 28.3. The third kappa shape index (κ3) is 19.8. The van der Waals surface area contributed by atoms with Crippen molar-refractivity contribution in [3.63, 3.8) is 0 Å². The lowest BCUT2D eigenvalue weighted by molar-refractivity contribution is -0.123. The molecule has 0 saturated heterocycles. The molecule has 6 amide bonds. The smallest absolute Gasteiger partial charge is 0.335 e. The van der Waals surface area contributed by atoms with Crippen molar-refractivity contribution in [2.24, 2.45) is 0 Å². The summed E-state index contributed by atoms with van der Waals surface area (Å²) in [6, 6.07) is 15.4. The van der Waals surface area contributed by atoms with Crippen LogP contribution in [0.2, 0.25) is 0 Å². The number of unbranched alkanes of at least 4 members (excludes halogenated alkanes) is 1. The molecule has 0 aliphatic carbocycles. The number of carboxylic acid groups (broad SMARTS) is 1. The molecule has 15 nitrogen and oxygen atoms in total. The number of carbonyl (C=O) groups is 6. The summed E-state index contributed by atoms with van der Waals surface area (Å²) >= 11 is 0. The highest BCUT2D eigenvalue weighted by atomic mass is 16.5. The third-order valence-electron chi connectivity index (χ3n) is 7.25. The standard InChI is InChI=1S/C35H49N5O10/c41-25-39-35(47)40-26-50-30(28-7-2-1-3-8-28)9-4-5-18-36-31(42)10-6-11-32(43)37-19-21-48-23-24-49-22-20-38-33(44)17-14-27-12-15-29(16-13-27)34(45)46/h1-3,7-8,12-13,15-16,25,30H,4-6,9-11,14,17-24,26H2,(H,36,42)(H,37,43)(H,38,44)(H,45,46)(H2,39,40,41,47). The fraction of sp³-hybridized carbons (Fsp3) is 0.486. The molecule has 1 atom stereocenters. The maximum atomic E-state index is 12.2. The summed E-state index contributed by atoms with van der Waals surface area (Å²) in [5, 5.41) is 21.8. The van der Waals surface area contributed by atoms with Gasteiger partial charge >= 0.3 is 12.0 Å². The van der Waals surface area contributed by atoms with Gasteiger partial charge in [0.05, 0.1) is 38.1 Å². The zero-order chi connectivity index (χ0) is 36.2. The van der Waals surface area contributed by atoms with Crippen LogP contribution in [0.3, 0.4) is 0 Å². The molecule has 2 aromatic carbocycles. The quantitative estimate of drug-likeness (QED) is 0.0455. The van der Waals surface area contributed by atoms with Crippen molar-refractivity contribution in [3.05, 3.63) is 71.3 Å². The van der Waals surface area contributed by atoms with E-state index in [1.54, 1.807) is 12.1 Å². The van der Waals surface area contributed by atoms with Crippen molar-refractivity contribution < 1.29 is 48.1 Å². The molecule has 0 heterocycles. The van der Waals surface area contributed by atoms with Crippen LogP contribution in [0.5, 0.6) is 0 Å². The zero-order valence-corrected chi connectivity index (χ0v) is 28.3. The Morgan fingerprint density at radius 1 is 0.680 bits per heavy atom. The third-order valence-corrected chi connectivity index (χ3v) is 7.25. The Labute approximate surface area is 292 Å². The van der Waals surface area contributed by atoms with Gasteiger partial charge in [-0.2, -0.15) is 0 Å². The second-order valence-corrected chi connectivity index (χ2v) is 11.1. The van der Waals surface area contributed by atoms with Gasteiger partial charge in [-0.1, -0.05) is 42.5 Å². The minimum atomic E-state index is -0.987. The van der Waals surface area contributed by atoms with E-state index < -0.39 is 12.0 Å². The van der Waals surface area contributed by atoms with Crippen LogP contribution in [-0.4, -0.2) is 94.0 Å². The van der Waals surface area contributed by atoms with Crippen LogP contribution in [0.1, 0.15) is 72.5 Å². The first kappa shape index (κ1) is 41.3. The van der Waals surface area contributed by atoms with Gasteiger partial charge in [-0.3, -0.25) is 24.5 Å². The first-order valence-electron chi connectivity index (χ1n) is 16.7. The van der Waals surface area contributed by atoms with Crippen LogP contribution < -0.4 is 26.6 Å². The fourth-order valence-electron chi connectivity index (χ4n) is 4.60. The lowest BCUT2D eigenvalue weighted by Crippen LogP contribution is -2.36. The fourth-order valence-corrected chi connectivity index (χ4v) is 4.60. The van der Waals surface area contributed by atoms with Crippen molar-refractivity contribution >= 4 is 36.1 Å². The molecule has 15 heteroatoms. The van der Waals surface area contributed by atoms with E-state index in [2.05, 4.69) is 21.3 Å². The van der Waals surface area contributed by atoms with Gasteiger partial charge in [0.1, 0.15) is 6.73 Å². The van der Waals surface area contributed by atoms with Crippen LogP contribution in [0.25, 0.3) is 0 Å². The largest absolute Gasteiger partial charge is 0.478 e. The number of ether oxygens (including phenoxy) is 3. The topological polar surface area (TPSA) is 210 Å². The van der Waals surface area contributed by atoms with Crippen molar-refractivity contribution in [2.75, 3.05) is 52.8 Å². The Balaban J connectivity index is 1.40. The predicted molar refractivity (Wildman–Crippen MR) is 183 cm³/mol. The molecule has 6 N–H and O–H groups in total. The maximum absolute atomic E-state index is 12.2. The molecule has 0 bridgehead atoms. The van der Waals surface area contributed by atoms with E-state index >= 15 is 0 Å². The van der Waals surface area contributed by atoms with Gasteiger partial charge in [0.25, 0.3) is 0 Å². The molecule has 0 aromatic heterocycles. The van der Waals surface area contributed by atoms with Crippen LogP contribution >= 0.6 is 0 Å². The normalized spacial score (nSPS) is 11.2. The Bertz CT molecular complexity index is 1310. The van der Waals surface area contributed by atoms with E-state index in [1.165, 1.54) is 12.1 Å². The number of carboxylic acids is 1. The summed E-state index contributed by atoms with van der Waals surface area (Å²) in [4.78, 5) is 68.8. The van der Waals surface area contributed by atoms with Gasteiger partial charge in [-0.15, -0.1) is 0 Å². The average molecular weight is 700 g/mol. The van der Waals surface area contributed by atoms with Crippen LogP contribution in [-0.2, 0) is 39.8 Å². The molecule has 274 valence electrons. The highest BCUT2D eigenvalue weighted by molar-refractivity contribution is 5.87. The lowest BCUT2D eigenvalue weighted by atomic mass is 10.0. The second kappa shape index (κ2) is 26.1. The number of imide groups is 1. The summed E-state index contributed by atoms with van der Waals surface area (Å²) in [5.41, 5.74) is 2.05. The first-order chi connectivity index (χ1) is 24.3. The molecule has 50 heavy (non-hydrogen) atoms. The van der Waals surface area contributed by atoms with Gasteiger partial charge in [0, 0.05) is 38.9 Å².